The zero-order valence-electron chi connectivity index (χ0n) is 13.6. The van der Waals surface area contributed by atoms with E-state index in [9.17, 15) is 4.79 Å². The SMILES string of the molecule is COc1cccc(CNC(=O)CSCc2nc(-c3cccs3)no2)c1. The number of thioether (sulfide) groups is 1. The van der Waals surface area contributed by atoms with E-state index in [-0.39, 0.29) is 5.91 Å². The fourth-order valence-electron chi connectivity index (χ4n) is 2.08. The Morgan fingerprint density at radius 2 is 2.28 bits per heavy atom. The van der Waals surface area contributed by atoms with E-state index >= 15 is 0 Å². The molecule has 0 aliphatic rings. The molecule has 0 aliphatic carbocycles. The second-order valence-electron chi connectivity index (χ2n) is 5.11. The van der Waals surface area contributed by atoms with E-state index in [1.54, 1.807) is 18.4 Å². The van der Waals surface area contributed by atoms with Crippen LogP contribution in [0, 0.1) is 0 Å². The van der Waals surface area contributed by atoms with Gasteiger partial charge in [-0.2, -0.15) is 4.98 Å². The smallest absolute Gasteiger partial charge is 0.236 e. The lowest BCUT2D eigenvalue weighted by Gasteiger charge is -2.06. The molecule has 0 bridgehead atoms. The average molecular weight is 375 g/mol. The first-order valence-corrected chi connectivity index (χ1v) is 9.62. The molecule has 0 saturated carbocycles. The van der Waals surface area contributed by atoms with Crippen molar-refractivity contribution < 1.29 is 14.1 Å². The zero-order valence-corrected chi connectivity index (χ0v) is 15.2. The molecular weight excluding hydrogens is 358 g/mol. The summed E-state index contributed by atoms with van der Waals surface area (Å²) >= 11 is 3.00. The molecule has 0 aliphatic heterocycles. The third kappa shape index (κ3) is 5.07. The molecule has 0 saturated heterocycles. The van der Waals surface area contributed by atoms with Gasteiger partial charge >= 0.3 is 0 Å². The van der Waals surface area contributed by atoms with Crippen molar-refractivity contribution in [2.75, 3.05) is 12.9 Å². The van der Waals surface area contributed by atoms with Crippen LogP contribution in [0.1, 0.15) is 11.5 Å². The Labute approximate surface area is 153 Å². The van der Waals surface area contributed by atoms with Crippen molar-refractivity contribution in [3.8, 4) is 16.5 Å². The highest BCUT2D eigenvalue weighted by Gasteiger charge is 2.10. The van der Waals surface area contributed by atoms with Gasteiger partial charge < -0.3 is 14.6 Å². The summed E-state index contributed by atoms with van der Waals surface area (Å²) < 4.78 is 10.4. The number of amides is 1. The quantitative estimate of drug-likeness (QED) is 0.651. The third-order valence-electron chi connectivity index (χ3n) is 3.29. The van der Waals surface area contributed by atoms with Crippen molar-refractivity contribution in [3.63, 3.8) is 0 Å². The number of nitrogens with one attached hydrogen (secondary N) is 1. The highest BCUT2D eigenvalue weighted by Crippen LogP contribution is 2.22. The molecule has 3 rings (SSSR count). The largest absolute Gasteiger partial charge is 0.497 e. The van der Waals surface area contributed by atoms with Crippen LogP contribution in [0.5, 0.6) is 5.75 Å². The van der Waals surface area contributed by atoms with Gasteiger partial charge in [0, 0.05) is 6.54 Å². The first kappa shape index (κ1) is 17.5. The van der Waals surface area contributed by atoms with Crippen LogP contribution < -0.4 is 10.1 Å². The van der Waals surface area contributed by atoms with Crippen LogP contribution in [0.4, 0.5) is 0 Å². The van der Waals surface area contributed by atoms with Gasteiger partial charge in [0.25, 0.3) is 0 Å². The lowest BCUT2D eigenvalue weighted by molar-refractivity contribution is -0.118. The molecule has 0 radical (unpaired) electrons. The maximum Gasteiger partial charge on any atom is 0.236 e. The minimum atomic E-state index is -0.0363. The van der Waals surface area contributed by atoms with Crippen LogP contribution in [0.15, 0.2) is 46.3 Å². The first-order valence-electron chi connectivity index (χ1n) is 7.58. The lowest BCUT2D eigenvalue weighted by atomic mass is 10.2. The summed E-state index contributed by atoms with van der Waals surface area (Å²) in [6.45, 7) is 0.472. The van der Waals surface area contributed by atoms with Crippen molar-refractivity contribution in [2.24, 2.45) is 0 Å². The molecule has 0 fully saturated rings. The average Bonchev–Trinajstić information content (AvgIpc) is 3.31. The Bertz CT molecular complexity index is 818. The molecule has 1 N–H and O–H groups in total. The fourth-order valence-corrected chi connectivity index (χ4v) is 3.42. The van der Waals surface area contributed by atoms with E-state index < -0.39 is 0 Å². The van der Waals surface area contributed by atoms with Crippen LogP contribution in [0.3, 0.4) is 0 Å². The summed E-state index contributed by atoms with van der Waals surface area (Å²) in [5.41, 5.74) is 0.996. The summed E-state index contributed by atoms with van der Waals surface area (Å²) in [5, 5.41) is 8.80. The first-order chi connectivity index (χ1) is 12.2. The maximum atomic E-state index is 11.9. The summed E-state index contributed by atoms with van der Waals surface area (Å²) in [6, 6.07) is 11.5. The predicted molar refractivity (Wildman–Crippen MR) is 98.6 cm³/mol. The van der Waals surface area contributed by atoms with Crippen molar-refractivity contribution in [3.05, 3.63) is 53.2 Å². The molecule has 2 aromatic heterocycles. The number of thiophene rings is 1. The Morgan fingerprint density at radius 1 is 1.36 bits per heavy atom. The number of methoxy groups -OCH3 is 1. The van der Waals surface area contributed by atoms with E-state index in [4.69, 9.17) is 9.26 Å². The Morgan fingerprint density at radius 3 is 3.08 bits per heavy atom. The molecule has 2 heterocycles. The molecule has 0 atom stereocenters. The lowest BCUT2D eigenvalue weighted by Crippen LogP contribution is -2.24. The van der Waals surface area contributed by atoms with E-state index in [1.807, 2.05) is 41.8 Å². The van der Waals surface area contributed by atoms with Gasteiger partial charge in [0.15, 0.2) is 0 Å². The van der Waals surface area contributed by atoms with Gasteiger partial charge in [-0.15, -0.1) is 23.1 Å². The number of nitrogens with zero attached hydrogens (tertiary/aromatic N) is 2. The third-order valence-corrected chi connectivity index (χ3v) is 5.08. The number of carbonyl (C=O) groups excluding carboxylic acids is 1. The topological polar surface area (TPSA) is 77.2 Å². The van der Waals surface area contributed by atoms with Gasteiger partial charge in [-0.3, -0.25) is 4.79 Å². The summed E-state index contributed by atoms with van der Waals surface area (Å²) in [5.74, 6) is 2.69. The fraction of sp³-hybridized carbons (Fsp3) is 0.235. The molecule has 6 nitrogen and oxygen atoms in total. The highest BCUT2D eigenvalue weighted by molar-refractivity contribution is 7.99. The van der Waals surface area contributed by atoms with Gasteiger partial charge in [0.05, 0.1) is 23.5 Å². The maximum absolute atomic E-state index is 11.9. The monoisotopic (exact) mass is 375 g/mol. The summed E-state index contributed by atoms with van der Waals surface area (Å²) in [4.78, 5) is 17.2. The molecule has 25 heavy (non-hydrogen) atoms. The number of aromatic nitrogens is 2. The Kier molecular flexibility index (Phi) is 6.08. The van der Waals surface area contributed by atoms with Crippen molar-refractivity contribution in [1.29, 1.82) is 0 Å². The molecule has 0 spiro atoms. The van der Waals surface area contributed by atoms with Gasteiger partial charge in [-0.25, -0.2) is 0 Å². The predicted octanol–water partition coefficient (Wildman–Crippen LogP) is 3.36. The van der Waals surface area contributed by atoms with Crippen molar-refractivity contribution in [1.82, 2.24) is 15.5 Å². The van der Waals surface area contributed by atoms with Crippen LogP contribution in [-0.4, -0.2) is 28.9 Å². The number of ether oxygens (including phenoxy) is 1. The van der Waals surface area contributed by atoms with E-state index in [2.05, 4.69) is 15.5 Å². The minimum Gasteiger partial charge on any atom is -0.497 e. The van der Waals surface area contributed by atoms with Crippen LogP contribution in [0.2, 0.25) is 0 Å². The molecular formula is C17H17N3O3S2. The molecule has 1 amide bonds. The van der Waals surface area contributed by atoms with Gasteiger partial charge in [0.2, 0.25) is 17.6 Å². The van der Waals surface area contributed by atoms with E-state index in [0.717, 1.165) is 16.2 Å². The molecule has 0 unspecified atom stereocenters. The second-order valence-corrected chi connectivity index (χ2v) is 7.04. The van der Waals surface area contributed by atoms with E-state index in [0.29, 0.717) is 29.8 Å². The number of carbonyl (C=O) groups is 1. The van der Waals surface area contributed by atoms with E-state index in [1.165, 1.54) is 11.8 Å². The standard InChI is InChI=1S/C17H17N3O3S2/c1-22-13-5-2-4-12(8-13)9-18-15(21)10-24-11-16-19-17(20-23-16)14-6-3-7-25-14/h2-8H,9-11H2,1H3,(H,18,21). The van der Waals surface area contributed by atoms with Crippen LogP contribution in [0.25, 0.3) is 10.7 Å². The number of hydrogen-bond donors (Lipinski definition) is 1. The van der Waals surface area contributed by atoms with Crippen LogP contribution in [-0.2, 0) is 17.1 Å². The van der Waals surface area contributed by atoms with Crippen molar-refractivity contribution in [2.45, 2.75) is 12.3 Å². The number of benzene rings is 1. The van der Waals surface area contributed by atoms with Gasteiger partial charge in [0.1, 0.15) is 5.75 Å². The summed E-state index contributed by atoms with van der Waals surface area (Å²) in [7, 11) is 1.62. The minimum absolute atomic E-state index is 0.0363. The normalized spacial score (nSPS) is 10.6. The molecule has 8 heteroatoms. The molecule has 1 aromatic carbocycles. The van der Waals surface area contributed by atoms with Gasteiger partial charge in [-0.05, 0) is 29.1 Å². The highest BCUT2D eigenvalue weighted by atomic mass is 32.2. The molecule has 3 aromatic rings. The molecule has 130 valence electrons. The number of hydrogen-bond acceptors (Lipinski definition) is 7. The van der Waals surface area contributed by atoms with Gasteiger partial charge in [-0.1, -0.05) is 23.4 Å². The Balaban J connectivity index is 1.40. The zero-order chi connectivity index (χ0) is 17.5. The second kappa shape index (κ2) is 8.68. The summed E-state index contributed by atoms with van der Waals surface area (Å²) in [6.07, 6.45) is 0. The number of rotatable bonds is 8. The Hall–Kier alpha value is -2.32. The van der Waals surface area contributed by atoms with Crippen molar-refractivity contribution >= 4 is 29.0 Å². The van der Waals surface area contributed by atoms with Crippen LogP contribution >= 0.6 is 23.1 Å².